The van der Waals surface area contributed by atoms with Gasteiger partial charge in [-0.25, -0.2) is 4.98 Å². The fraction of sp³-hybridized carbons (Fsp3) is 0. The SMILES string of the molecule is C1=Cc2ccc3[nH]cnc3c2NN=C1.c1conn1. The summed E-state index contributed by atoms with van der Waals surface area (Å²) in [4.78, 5) is 7.31. The first-order chi connectivity index (χ1) is 9.45. The molecule has 0 amide bonds. The number of fused-ring (bicyclic) bond motifs is 3. The van der Waals surface area contributed by atoms with Gasteiger partial charge in [-0.3, -0.25) is 5.43 Å². The van der Waals surface area contributed by atoms with Crippen LogP contribution in [0.25, 0.3) is 17.1 Å². The third-order valence-corrected chi connectivity index (χ3v) is 2.52. The lowest BCUT2D eigenvalue weighted by molar-refractivity contribution is 0.393. The third kappa shape index (κ3) is 2.34. The molecule has 1 aromatic carbocycles. The molecule has 0 saturated carbocycles. The van der Waals surface area contributed by atoms with E-state index in [1.54, 1.807) is 12.5 Å². The summed E-state index contributed by atoms with van der Waals surface area (Å²) in [5.74, 6) is 0. The summed E-state index contributed by atoms with van der Waals surface area (Å²) in [7, 11) is 0. The Balaban J connectivity index is 0.000000187. The summed E-state index contributed by atoms with van der Waals surface area (Å²) in [5.41, 5.74) is 6.97. The molecule has 7 nitrogen and oxygen atoms in total. The van der Waals surface area contributed by atoms with Gasteiger partial charge in [0.1, 0.15) is 11.8 Å². The molecule has 94 valence electrons. The van der Waals surface area contributed by atoms with E-state index in [-0.39, 0.29) is 0 Å². The molecular formula is C12H10N6O. The second kappa shape index (κ2) is 5.13. The standard InChI is InChI=1S/C10H8N4.C2H2N2O/c1-2-7-3-4-8-10(12-6-11-8)9(7)14-13-5-1;1-2-5-4-3-1/h1-6,14H,(H,11,12);1-2H. The smallest absolute Gasteiger partial charge is 0.144 e. The first-order valence-electron chi connectivity index (χ1n) is 5.58. The Morgan fingerprint density at radius 3 is 3.00 bits per heavy atom. The van der Waals surface area contributed by atoms with Crippen LogP contribution in [-0.4, -0.2) is 26.6 Å². The minimum Gasteiger partial charge on any atom is -0.346 e. The molecule has 19 heavy (non-hydrogen) atoms. The fourth-order valence-electron chi connectivity index (χ4n) is 1.71. The average molecular weight is 254 g/mol. The van der Waals surface area contributed by atoms with E-state index in [1.165, 1.54) is 12.5 Å². The molecule has 0 aliphatic carbocycles. The lowest BCUT2D eigenvalue weighted by Crippen LogP contribution is -1.91. The van der Waals surface area contributed by atoms with Crippen LogP contribution in [0.1, 0.15) is 5.56 Å². The molecule has 4 rings (SSSR count). The second-order valence-electron chi connectivity index (χ2n) is 3.67. The summed E-state index contributed by atoms with van der Waals surface area (Å²) in [6, 6.07) is 4.05. The maximum atomic E-state index is 4.25. The zero-order valence-corrected chi connectivity index (χ0v) is 9.82. The molecule has 2 N–H and O–H groups in total. The number of hydrogen-bond acceptors (Lipinski definition) is 6. The summed E-state index contributed by atoms with van der Waals surface area (Å²) in [5, 5.41) is 10.4. The molecule has 2 aromatic heterocycles. The minimum atomic E-state index is 0.922. The Hall–Kier alpha value is -2.96. The van der Waals surface area contributed by atoms with E-state index >= 15 is 0 Å². The van der Waals surface area contributed by atoms with Gasteiger partial charge in [0.25, 0.3) is 0 Å². The number of hydrazone groups is 1. The Morgan fingerprint density at radius 2 is 2.21 bits per heavy atom. The van der Waals surface area contributed by atoms with Gasteiger partial charge in [-0.2, -0.15) is 5.10 Å². The number of nitrogens with zero attached hydrogens (tertiary/aromatic N) is 4. The molecule has 1 aliphatic rings. The van der Waals surface area contributed by atoms with Crippen LogP contribution in [0, 0.1) is 0 Å². The number of rotatable bonds is 0. The van der Waals surface area contributed by atoms with Crippen LogP contribution in [0.3, 0.4) is 0 Å². The highest BCUT2D eigenvalue weighted by Gasteiger charge is 2.07. The van der Waals surface area contributed by atoms with Gasteiger partial charge in [-0.15, -0.1) is 5.10 Å². The van der Waals surface area contributed by atoms with Crippen molar-refractivity contribution in [1.29, 1.82) is 0 Å². The number of hydrogen-bond donors (Lipinski definition) is 2. The quantitative estimate of drug-likeness (QED) is 0.640. The molecular weight excluding hydrogens is 244 g/mol. The lowest BCUT2D eigenvalue weighted by atomic mass is 10.1. The Morgan fingerprint density at radius 1 is 1.21 bits per heavy atom. The van der Waals surface area contributed by atoms with Crippen LogP contribution in [0.5, 0.6) is 0 Å². The Labute approximate surface area is 108 Å². The Bertz CT molecular complexity index is 696. The van der Waals surface area contributed by atoms with E-state index in [2.05, 4.69) is 35.4 Å². The molecule has 0 unspecified atom stereocenters. The molecule has 3 aromatic rings. The molecule has 0 fully saturated rings. The number of benzene rings is 1. The van der Waals surface area contributed by atoms with E-state index < -0.39 is 0 Å². The number of aromatic amines is 1. The largest absolute Gasteiger partial charge is 0.346 e. The Kier molecular flexibility index (Phi) is 3.01. The van der Waals surface area contributed by atoms with Gasteiger partial charge < -0.3 is 9.51 Å². The summed E-state index contributed by atoms with van der Waals surface area (Å²) < 4.78 is 4.22. The zero-order chi connectivity index (χ0) is 12.9. The number of aromatic nitrogens is 4. The van der Waals surface area contributed by atoms with Crippen LogP contribution < -0.4 is 5.43 Å². The molecule has 0 atom stereocenters. The van der Waals surface area contributed by atoms with Crippen molar-refractivity contribution in [1.82, 2.24) is 20.3 Å². The van der Waals surface area contributed by atoms with Crippen molar-refractivity contribution in [2.45, 2.75) is 0 Å². The van der Waals surface area contributed by atoms with Crippen molar-refractivity contribution in [3.05, 3.63) is 42.6 Å². The first-order valence-corrected chi connectivity index (χ1v) is 5.58. The second-order valence-corrected chi connectivity index (χ2v) is 3.67. The normalized spacial score (nSPS) is 12.2. The zero-order valence-electron chi connectivity index (χ0n) is 9.82. The number of nitrogens with one attached hydrogen (secondary N) is 2. The number of anilines is 1. The van der Waals surface area contributed by atoms with Gasteiger partial charge >= 0.3 is 0 Å². The molecule has 7 heteroatoms. The maximum absolute atomic E-state index is 4.25. The number of allylic oxidation sites excluding steroid dienone is 1. The number of H-pyrrole nitrogens is 1. The van der Waals surface area contributed by atoms with Crippen molar-refractivity contribution in [2.75, 3.05) is 5.43 Å². The summed E-state index contributed by atoms with van der Waals surface area (Å²) >= 11 is 0. The predicted molar refractivity (Wildman–Crippen MR) is 71.5 cm³/mol. The lowest BCUT2D eigenvalue weighted by Gasteiger charge is -2.03. The number of imidazole rings is 1. The van der Waals surface area contributed by atoms with Gasteiger partial charge in [-0.1, -0.05) is 12.1 Å². The van der Waals surface area contributed by atoms with Gasteiger partial charge in [0.15, 0.2) is 0 Å². The van der Waals surface area contributed by atoms with Gasteiger partial charge in [-0.05, 0) is 12.1 Å². The van der Waals surface area contributed by atoms with Gasteiger partial charge in [0, 0.05) is 17.0 Å². The molecule has 0 bridgehead atoms. The van der Waals surface area contributed by atoms with Crippen molar-refractivity contribution < 1.29 is 4.52 Å². The maximum Gasteiger partial charge on any atom is 0.144 e. The van der Waals surface area contributed by atoms with Crippen LogP contribution in [0.2, 0.25) is 0 Å². The van der Waals surface area contributed by atoms with E-state index in [4.69, 9.17) is 0 Å². The minimum absolute atomic E-state index is 0.922. The van der Waals surface area contributed by atoms with Crippen LogP contribution in [-0.2, 0) is 0 Å². The van der Waals surface area contributed by atoms with E-state index in [1.807, 2.05) is 24.3 Å². The molecule has 1 aliphatic heterocycles. The highest BCUT2D eigenvalue weighted by Crippen LogP contribution is 2.26. The molecule has 0 spiro atoms. The van der Waals surface area contributed by atoms with E-state index in [9.17, 15) is 0 Å². The van der Waals surface area contributed by atoms with Crippen molar-refractivity contribution >= 4 is 29.0 Å². The molecule has 0 radical (unpaired) electrons. The predicted octanol–water partition coefficient (Wildman–Crippen LogP) is 2.06. The topological polar surface area (TPSA) is 92.0 Å². The van der Waals surface area contributed by atoms with Crippen molar-refractivity contribution in [2.24, 2.45) is 5.10 Å². The monoisotopic (exact) mass is 254 g/mol. The van der Waals surface area contributed by atoms with Gasteiger partial charge in [0.2, 0.25) is 0 Å². The average Bonchev–Trinajstić information content (AvgIpc) is 3.09. The van der Waals surface area contributed by atoms with Crippen molar-refractivity contribution in [3.63, 3.8) is 0 Å². The highest BCUT2D eigenvalue weighted by atomic mass is 16.5. The van der Waals surface area contributed by atoms with Gasteiger partial charge in [0.05, 0.1) is 23.7 Å². The molecule has 0 saturated heterocycles. The van der Waals surface area contributed by atoms with E-state index in [0.717, 1.165) is 22.3 Å². The highest BCUT2D eigenvalue weighted by molar-refractivity contribution is 5.96. The summed E-state index contributed by atoms with van der Waals surface area (Å²) in [6.45, 7) is 0. The first kappa shape index (κ1) is 11.1. The molecule has 3 heterocycles. The fourth-order valence-corrected chi connectivity index (χ4v) is 1.71. The van der Waals surface area contributed by atoms with Crippen molar-refractivity contribution in [3.8, 4) is 0 Å². The van der Waals surface area contributed by atoms with E-state index in [0.29, 0.717) is 0 Å². The summed E-state index contributed by atoms with van der Waals surface area (Å²) in [6.07, 6.45) is 10.2. The van der Waals surface area contributed by atoms with Crippen LogP contribution in [0.4, 0.5) is 5.69 Å². The van der Waals surface area contributed by atoms with Crippen LogP contribution >= 0.6 is 0 Å². The third-order valence-electron chi connectivity index (χ3n) is 2.52. The van der Waals surface area contributed by atoms with Crippen LogP contribution in [0.15, 0.2) is 46.6 Å².